The Kier molecular flexibility index (Phi) is 5.90. The van der Waals surface area contributed by atoms with Crippen LogP contribution in [0.2, 0.25) is 0 Å². The Morgan fingerprint density at radius 2 is 2.00 bits per heavy atom. The lowest BCUT2D eigenvalue weighted by molar-refractivity contribution is -0.138. The first kappa shape index (κ1) is 17.6. The molecule has 0 fully saturated rings. The molecule has 0 bridgehead atoms. The summed E-state index contributed by atoms with van der Waals surface area (Å²) in [5.74, 6) is 0. The summed E-state index contributed by atoms with van der Waals surface area (Å²) in [4.78, 5) is 11.5. The van der Waals surface area contributed by atoms with Crippen molar-refractivity contribution in [1.82, 2.24) is 15.5 Å². The first-order chi connectivity index (χ1) is 9.64. The van der Waals surface area contributed by atoms with Gasteiger partial charge in [-0.15, -0.1) is 10.2 Å². The van der Waals surface area contributed by atoms with Crippen LogP contribution in [-0.4, -0.2) is 34.5 Å². The SMILES string of the molecule is CC(C)(CO)CCCNC(=O)Nc1nnc(C(F)(F)F)s1. The van der Waals surface area contributed by atoms with Gasteiger partial charge in [0.25, 0.3) is 0 Å². The molecule has 2 amide bonds. The van der Waals surface area contributed by atoms with Gasteiger partial charge in [0.1, 0.15) is 0 Å². The summed E-state index contributed by atoms with van der Waals surface area (Å²) in [7, 11) is 0. The molecule has 1 heterocycles. The number of rotatable bonds is 6. The highest BCUT2D eigenvalue weighted by Gasteiger charge is 2.35. The van der Waals surface area contributed by atoms with Crippen molar-refractivity contribution in [2.45, 2.75) is 32.9 Å². The van der Waals surface area contributed by atoms with Crippen LogP contribution in [0.25, 0.3) is 0 Å². The number of alkyl halides is 3. The molecule has 10 heteroatoms. The number of carbonyl (C=O) groups excluding carboxylic acids is 1. The highest BCUT2D eigenvalue weighted by atomic mass is 32.1. The minimum Gasteiger partial charge on any atom is -0.396 e. The molecular formula is C11H17F3N4O2S. The summed E-state index contributed by atoms with van der Waals surface area (Å²) in [6.07, 6.45) is -3.21. The predicted octanol–water partition coefficient (Wildman–Crippen LogP) is 2.48. The van der Waals surface area contributed by atoms with E-state index in [0.29, 0.717) is 19.4 Å². The van der Waals surface area contributed by atoms with E-state index < -0.39 is 17.2 Å². The van der Waals surface area contributed by atoms with E-state index in [4.69, 9.17) is 5.11 Å². The van der Waals surface area contributed by atoms with Gasteiger partial charge >= 0.3 is 12.2 Å². The van der Waals surface area contributed by atoms with E-state index in [1.165, 1.54) is 0 Å². The van der Waals surface area contributed by atoms with Gasteiger partial charge in [-0.25, -0.2) is 4.79 Å². The lowest BCUT2D eigenvalue weighted by Gasteiger charge is -2.21. The van der Waals surface area contributed by atoms with Gasteiger partial charge in [-0.3, -0.25) is 5.32 Å². The van der Waals surface area contributed by atoms with Crippen LogP contribution in [0.15, 0.2) is 0 Å². The van der Waals surface area contributed by atoms with Crippen molar-refractivity contribution in [2.75, 3.05) is 18.5 Å². The molecule has 0 atom stereocenters. The van der Waals surface area contributed by atoms with E-state index in [2.05, 4.69) is 20.8 Å². The highest BCUT2D eigenvalue weighted by Crippen LogP contribution is 2.32. The summed E-state index contributed by atoms with van der Waals surface area (Å²) in [6.45, 7) is 4.18. The second kappa shape index (κ2) is 7.03. The fourth-order valence-electron chi connectivity index (χ4n) is 1.38. The Balaban J connectivity index is 2.33. The van der Waals surface area contributed by atoms with Crippen molar-refractivity contribution < 1.29 is 23.1 Å². The third kappa shape index (κ3) is 6.25. The molecule has 0 radical (unpaired) electrons. The average Bonchev–Trinajstić information content (AvgIpc) is 2.83. The first-order valence-electron chi connectivity index (χ1n) is 6.20. The van der Waals surface area contributed by atoms with Gasteiger partial charge in [0.15, 0.2) is 0 Å². The summed E-state index contributed by atoms with van der Waals surface area (Å²) < 4.78 is 36.9. The Labute approximate surface area is 123 Å². The maximum Gasteiger partial charge on any atom is 0.445 e. The lowest BCUT2D eigenvalue weighted by atomic mass is 9.89. The molecule has 0 unspecified atom stereocenters. The van der Waals surface area contributed by atoms with Crippen LogP contribution in [0.5, 0.6) is 0 Å². The zero-order valence-electron chi connectivity index (χ0n) is 11.6. The van der Waals surface area contributed by atoms with Crippen molar-refractivity contribution >= 4 is 22.5 Å². The summed E-state index contributed by atoms with van der Waals surface area (Å²) in [6, 6.07) is -0.637. The second-order valence-electron chi connectivity index (χ2n) is 5.22. The van der Waals surface area contributed by atoms with E-state index >= 15 is 0 Å². The van der Waals surface area contributed by atoms with Gasteiger partial charge < -0.3 is 10.4 Å². The van der Waals surface area contributed by atoms with Crippen LogP contribution in [0.4, 0.5) is 23.1 Å². The molecule has 0 spiro atoms. The van der Waals surface area contributed by atoms with Crippen molar-refractivity contribution in [3.63, 3.8) is 0 Å². The van der Waals surface area contributed by atoms with Crippen LogP contribution >= 0.6 is 11.3 Å². The van der Waals surface area contributed by atoms with Crippen molar-refractivity contribution in [3.8, 4) is 0 Å². The van der Waals surface area contributed by atoms with E-state index in [1.54, 1.807) is 0 Å². The van der Waals surface area contributed by atoms with Crippen LogP contribution in [0.1, 0.15) is 31.7 Å². The maximum atomic E-state index is 12.3. The molecule has 0 saturated carbocycles. The van der Waals surface area contributed by atoms with Crippen LogP contribution in [0.3, 0.4) is 0 Å². The number of halogens is 3. The molecule has 1 aromatic rings. The minimum atomic E-state index is -4.57. The fraction of sp³-hybridized carbons (Fsp3) is 0.727. The summed E-state index contributed by atoms with van der Waals surface area (Å²) in [5, 5.41) is 18.6. The van der Waals surface area contributed by atoms with Gasteiger partial charge in [-0.2, -0.15) is 13.2 Å². The zero-order valence-corrected chi connectivity index (χ0v) is 12.4. The lowest BCUT2D eigenvalue weighted by Crippen LogP contribution is -2.30. The molecule has 0 aliphatic rings. The van der Waals surface area contributed by atoms with Crippen molar-refractivity contribution in [1.29, 1.82) is 0 Å². The topological polar surface area (TPSA) is 87.1 Å². The summed E-state index contributed by atoms with van der Waals surface area (Å²) in [5.41, 5.74) is -0.223. The molecule has 0 aromatic carbocycles. The molecule has 0 aliphatic carbocycles. The normalized spacial score (nSPS) is 12.3. The Hall–Kier alpha value is -1.42. The smallest absolute Gasteiger partial charge is 0.396 e. The Morgan fingerprint density at radius 1 is 1.33 bits per heavy atom. The second-order valence-corrected chi connectivity index (χ2v) is 6.19. The number of aliphatic hydroxyl groups excluding tert-OH is 1. The third-order valence-electron chi connectivity index (χ3n) is 2.63. The summed E-state index contributed by atoms with van der Waals surface area (Å²) >= 11 is 0.263. The van der Waals surface area contributed by atoms with Crippen molar-refractivity contribution in [3.05, 3.63) is 5.01 Å². The highest BCUT2D eigenvalue weighted by molar-refractivity contribution is 7.15. The number of hydrogen-bond donors (Lipinski definition) is 3. The molecule has 0 aliphatic heterocycles. The van der Waals surface area contributed by atoms with E-state index in [1.807, 2.05) is 13.8 Å². The number of amides is 2. The van der Waals surface area contributed by atoms with Crippen LogP contribution < -0.4 is 10.6 Å². The van der Waals surface area contributed by atoms with E-state index in [-0.39, 0.29) is 28.5 Å². The number of carbonyl (C=O) groups is 1. The monoisotopic (exact) mass is 326 g/mol. The molecule has 0 saturated heterocycles. The van der Waals surface area contributed by atoms with E-state index in [9.17, 15) is 18.0 Å². The number of aromatic nitrogens is 2. The first-order valence-corrected chi connectivity index (χ1v) is 7.02. The van der Waals surface area contributed by atoms with Gasteiger partial charge in [0.2, 0.25) is 10.1 Å². The molecule has 1 aromatic heterocycles. The standard InChI is InChI=1S/C11H17F3N4O2S/c1-10(2,6-19)4-3-5-15-8(20)16-9-18-17-7(21-9)11(12,13)14/h19H,3-6H2,1-2H3,(H2,15,16,18,20). The van der Waals surface area contributed by atoms with E-state index in [0.717, 1.165) is 0 Å². The number of nitrogens with one attached hydrogen (secondary N) is 2. The minimum absolute atomic E-state index is 0.0458. The number of nitrogens with zero attached hydrogens (tertiary/aromatic N) is 2. The Bertz CT molecular complexity index is 476. The van der Waals surface area contributed by atoms with Gasteiger partial charge in [-0.1, -0.05) is 25.2 Å². The third-order valence-corrected chi connectivity index (χ3v) is 3.52. The maximum absolute atomic E-state index is 12.3. The largest absolute Gasteiger partial charge is 0.445 e. The van der Waals surface area contributed by atoms with Gasteiger partial charge in [0.05, 0.1) is 0 Å². The number of hydrogen-bond acceptors (Lipinski definition) is 5. The van der Waals surface area contributed by atoms with Crippen LogP contribution in [-0.2, 0) is 6.18 Å². The van der Waals surface area contributed by atoms with Crippen LogP contribution in [0, 0.1) is 5.41 Å². The molecule has 1 rings (SSSR count). The zero-order chi connectivity index (χ0) is 16.1. The number of aliphatic hydroxyl groups is 1. The number of anilines is 1. The number of urea groups is 1. The molecule has 6 nitrogen and oxygen atoms in total. The molecule has 3 N–H and O–H groups in total. The Morgan fingerprint density at radius 3 is 2.52 bits per heavy atom. The quantitative estimate of drug-likeness (QED) is 0.701. The predicted molar refractivity (Wildman–Crippen MR) is 72.0 cm³/mol. The molecule has 120 valence electrons. The van der Waals surface area contributed by atoms with Gasteiger partial charge in [-0.05, 0) is 18.3 Å². The molecular weight excluding hydrogens is 309 g/mol. The molecule has 21 heavy (non-hydrogen) atoms. The fourth-order valence-corrected chi connectivity index (χ4v) is 1.98. The average molecular weight is 326 g/mol. The van der Waals surface area contributed by atoms with Gasteiger partial charge in [0, 0.05) is 13.2 Å². The van der Waals surface area contributed by atoms with Crippen molar-refractivity contribution in [2.24, 2.45) is 5.41 Å².